The van der Waals surface area contributed by atoms with Crippen LogP contribution in [-0.2, 0) is 15.4 Å². The van der Waals surface area contributed by atoms with Gasteiger partial charge in [0.15, 0.2) is 0 Å². The maximum absolute atomic E-state index is 13.6. The number of hydrogen-bond donors (Lipinski definition) is 1. The summed E-state index contributed by atoms with van der Waals surface area (Å²) in [5.41, 5.74) is 1.91. The van der Waals surface area contributed by atoms with Crippen LogP contribution in [0.5, 0.6) is 0 Å². The van der Waals surface area contributed by atoms with Gasteiger partial charge in [-0.15, -0.1) is 0 Å². The third-order valence-corrected chi connectivity index (χ3v) is 8.46. The van der Waals surface area contributed by atoms with E-state index in [4.69, 9.17) is 0 Å². The third-order valence-electron chi connectivity index (χ3n) is 6.21. The van der Waals surface area contributed by atoms with Gasteiger partial charge in [-0.2, -0.15) is 0 Å². The highest BCUT2D eigenvalue weighted by molar-refractivity contribution is 9.10. The van der Waals surface area contributed by atoms with Crippen LogP contribution in [0, 0.1) is 5.92 Å². The lowest BCUT2D eigenvalue weighted by Crippen LogP contribution is -2.40. The molecule has 1 heterocycles. The van der Waals surface area contributed by atoms with Gasteiger partial charge >= 0.3 is 0 Å². The van der Waals surface area contributed by atoms with Crippen LogP contribution in [0.3, 0.4) is 0 Å². The standard InChI is InChI=1S/C24H29BrN2O3S/c1-16-10-11-24(14-16)15-27(21-9-8-18(25)13-20(21)24)22(28)17-6-5-7-19(12-17)31(29,30)26-23(2,3)4/h5-9,12-13,16,26H,10-11,14-15H2,1-4H3. The van der Waals surface area contributed by atoms with Crippen LogP contribution < -0.4 is 9.62 Å². The first kappa shape index (κ1) is 22.5. The minimum atomic E-state index is -3.72. The number of halogens is 1. The summed E-state index contributed by atoms with van der Waals surface area (Å²) in [5, 5.41) is 0. The molecule has 2 aromatic carbocycles. The molecule has 2 aliphatic rings. The molecular weight excluding hydrogens is 476 g/mol. The fraction of sp³-hybridized carbons (Fsp3) is 0.458. The van der Waals surface area contributed by atoms with E-state index >= 15 is 0 Å². The Morgan fingerprint density at radius 3 is 2.58 bits per heavy atom. The molecule has 0 bridgehead atoms. The molecule has 0 aromatic heterocycles. The number of carbonyl (C=O) groups is 1. The van der Waals surface area contributed by atoms with Crippen molar-refractivity contribution in [3.63, 3.8) is 0 Å². The normalized spacial score (nSPS) is 23.4. The lowest BCUT2D eigenvalue weighted by molar-refractivity contribution is 0.0984. The van der Waals surface area contributed by atoms with E-state index in [2.05, 4.69) is 33.6 Å². The van der Waals surface area contributed by atoms with Crippen molar-refractivity contribution in [1.29, 1.82) is 0 Å². The number of carbonyl (C=O) groups excluding carboxylic acids is 1. The first-order valence-electron chi connectivity index (χ1n) is 10.7. The Bertz CT molecular complexity index is 1140. The average molecular weight is 505 g/mol. The SMILES string of the molecule is CC1CCC2(C1)CN(C(=O)c1cccc(S(=O)(=O)NC(C)(C)C)c1)c1ccc(Br)cc12. The summed E-state index contributed by atoms with van der Waals surface area (Å²) in [6.07, 6.45) is 3.27. The molecule has 0 saturated heterocycles. The first-order valence-corrected chi connectivity index (χ1v) is 12.9. The van der Waals surface area contributed by atoms with E-state index in [1.165, 1.54) is 17.7 Å². The number of anilines is 1. The number of hydrogen-bond acceptors (Lipinski definition) is 3. The summed E-state index contributed by atoms with van der Waals surface area (Å²) >= 11 is 3.59. The largest absolute Gasteiger partial charge is 0.307 e. The molecule has 1 saturated carbocycles. The van der Waals surface area contributed by atoms with E-state index in [1.54, 1.807) is 32.9 Å². The van der Waals surface area contributed by atoms with Gasteiger partial charge in [-0.1, -0.05) is 28.9 Å². The van der Waals surface area contributed by atoms with Crippen LogP contribution in [-0.4, -0.2) is 26.4 Å². The van der Waals surface area contributed by atoms with Crippen LogP contribution in [0.2, 0.25) is 0 Å². The molecule has 1 spiro atoms. The Hall–Kier alpha value is -1.70. The maximum Gasteiger partial charge on any atom is 0.258 e. The average Bonchev–Trinajstić information content (AvgIpc) is 3.20. The Kier molecular flexibility index (Phi) is 5.59. The highest BCUT2D eigenvalue weighted by atomic mass is 79.9. The number of fused-ring (bicyclic) bond motifs is 2. The van der Waals surface area contributed by atoms with E-state index < -0.39 is 15.6 Å². The van der Waals surface area contributed by atoms with Gasteiger partial charge in [-0.3, -0.25) is 4.79 Å². The van der Waals surface area contributed by atoms with Crippen LogP contribution >= 0.6 is 15.9 Å². The molecular formula is C24H29BrN2O3S. The summed E-state index contributed by atoms with van der Waals surface area (Å²) in [7, 11) is -3.72. The summed E-state index contributed by atoms with van der Waals surface area (Å²) in [4.78, 5) is 15.5. The quantitative estimate of drug-likeness (QED) is 0.620. The fourth-order valence-electron chi connectivity index (χ4n) is 5.02. The van der Waals surface area contributed by atoms with Gasteiger partial charge in [0, 0.05) is 33.2 Å². The second kappa shape index (κ2) is 7.71. The van der Waals surface area contributed by atoms with Crippen molar-refractivity contribution in [1.82, 2.24) is 4.72 Å². The minimum Gasteiger partial charge on any atom is -0.307 e. The molecule has 2 aromatic rings. The Labute approximate surface area is 193 Å². The van der Waals surface area contributed by atoms with Crippen LogP contribution in [0.4, 0.5) is 5.69 Å². The lowest BCUT2D eigenvalue weighted by Gasteiger charge is -2.25. The third kappa shape index (κ3) is 4.32. The molecule has 5 nitrogen and oxygen atoms in total. The van der Waals surface area contributed by atoms with Crippen molar-refractivity contribution < 1.29 is 13.2 Å². The summed E-state index contributed by atoms with van der Waals surface area (Å²) in [6, 6.07) is 12.4. The molecule has 1 fully saturated rings. The number of sulfonamides is 1. The summed E-state index contributed by atoms with van der Waals surface area (Å²) in [5.74, 6) is 0.464. The zero-order valence-electron chi connectivity index (χ0n) is 18.4. The second-order valence-corrected chi connectivity index (χ2v) is 12.7. The molecule has 4 rings (SSSR count). The van der Waals surface area contributed by atoms with E-state index in [0.717, 1.165) is 29.4 Å². The smallest absolute Gasteiger partial charge is 0.258 e. The monoisotopic (exact) mass is 504 g/mol. The van der Waals surface area contributed by atoms with Crippen LogP contribution in [0.15, 0.2) is 51.8 Å². The van der Waals surface area contributed by atoms with Gasteiger partial charge in [0.2, 0.25) is 10.0 Å². The van der Waals surface area contributed by atoms with Crippen LogP contribution in [0.1, 0.15) is 62.9 Å². The topological polar surface area (TPSA) is 66.5 Å². The molecule has 1 amide bonds. The molecule has 166 valence electrons. The zero-order chi connectivity index (χ0) is 22.6. The highest BCUT2D eigenvalue weighted by Crippen LogP contribution is 2.53. The van der Waals surface area contributed by atoms with E-state index in [1.807, 2.05) is 17.0 Å². The number of rotatable bonds is 3. The van der Waals surface area contributed by atoms with E-state index in [0.29, 0.717) is 18.0 Å². The van der Waals surface area contributed by atoms with Crippen molar-refractivity contribution in [2.45, 2.75) is 62.8 Å². The minimum absolute atomic E-state index is 0.0222. The first-order chi connectivity index (χ1) is 14.4. The molecule has 0 radical (unpaired) electrons. The molecule has 1 N–H and O–H groups in total. The second-order valence-electron chi connectivity index (χ2n) is 10.1. The molecule has 2 atom stereocenters. The molecule has 2 unspecified atom stereocenters. The number of amides is 1. The van der Waals surface area contributed by atoms with Gasteiger partial charge < -0.3 is 4.90 Å². The predicted molar refractivity (Wildman–Crippen MR) is 127 cm³/mol. The van der Waals surface area contributed by atoms with E-state index in [9.17, 15) is 13.2 Å². The molecule has 1 aliphatic heterocycles. The van der Waals surface area contributed by atoms with Crippen molar-refractivity contribution in [3.8, 4) is 0 Å². The molecule has 7 heteroatoms. The molecule has 31 heavy (non-hydrogen) atoms. The Balaban J connectivity index is 1.70. The van der Waals surface area contributed by atoms with Crippen molar-refractivity contribution >= 4 is 37.5 Å². The number of nitrogens with zero attached hydrogens (tertiary/aromatic N) is 1. The van der Waals surface area contributed by atoms with Gasteiger partial charge in [0.05, 0.1) is 4.90 Å². The van der Waals surface area contributed by atoms with Gasteiger partial charge in [-0.25, -0.2) is 13.1 Å². The van der Waals surface area contributed by atoms with Crippen molar-refractivity contribution in [2.24, 2.45) is 5.92 Å². The van der Waals surface area contributed by atoms with Gasteiger partial charge in [-0.05, 0) is 87.9 Å². The predicted octanol–water partition coefficient (Wildman–Crippen LogP) is 5.24. The number of nitrogens with one attached hydrogen (secondary N) is 1. The number of benzene rings is 2. The van der Waals surface area contributed by atoms with E-state index in [-0.39, 0.29) is 16.2 Å². The van der Waals surface area contributed by atoms with Crippen LogP contribution in [0.25, 0.3) is 0 Å². The highest BCUT2D eigenvalue weighted by Gasteiger charge is 2.48. The Morgan fingerprint density at radius 2 is 1.94 bits per heavy atom. The van der Waals surface area contributed by atoms with Gasteiger partial charge in [0.1, 0.15) is 0 Å². The van der Waals surface area contributed by atoms with Crippen molar-refractivity contribution in [2.75, 3.05) is 11.4 Å². The van der Waals surface area contributed by atoms with Crippen molar-refractivity contribution in [3.05, 3.63) is 58.1 Å². The zero-order valence-corrected chi connectivity index (χ0v) is 20.8. The molecule has 1 aliphatic carbocycles. The summed E-state index contributed by atoms with van der Waals surface area (Å²) < 4.78 is 29.2. The lowest BCUT2D eigenvalue weighted by atomic mass is 9.80. The fourth-order valence-corrected chi connectivity index (χ4v) is 6.84. The maximum atomic E-state index is 13.6. The van der Waals surface area contributed by atoms with Gasteiger partial charge in [0.25, 0.3) is 5.91 Å². The Morgan fingerprint density at radius 1 is 1.19 bits per heavy atom. The summed E-state index contributed by atoms with van der Waals surface area (Å²) in [6.45, 7) is 8.29.